The topological polar surface area (TPSA) is 78.9 Å². The molecule has 0 radical (unpaired) electrons. The van der Waals surface area contributed by atoms with Crippen molar-refractivity contribution in [3.63, 3.8) is 0 Å². The van der Waals surface area contributed by atoms with Crippen LogP contribution in [0, 0.1) is 5.92 Å². The van der Waals surface area contributed by atoms with E-state index in [4.69, 9.17) is 0 Å². The highest BCUT2D eigenvalue weighted by Gasteiger charge is 2.21. The summed E-state index contributed by atoms with van der Waals surface area (Å²) >= 11 is 0. The molecule has 2 heterocycles. The van der Waals surface area contributed by atoms with Crippen molar-refractivity contribution in [3.05, 3.63) is 34.2 Å². The lowest BCUT2D eigenvalue weighted by Crippen LogP contribution is -2.33. The van der Waals surface area contributed by atoms with Crippen molar-refractivity contribution < 1.29 is 4.79 Å². The number of nitrogens with one attached hydrogen (secondary N) is 3. The Morgan fingerprint density at radius 2 is 2.04 bits per heavy atom. The fraction of sp³-hybridized carbons (Fsp3) is 0.600. The first kappa shape index (κ1) is 17.3. The standard InChI is InChI=1S/C20H28N4O2/c25-19(22-11-9-14-4-3-10-21-13-14)15-7-8-18-17(12-15)23-20(26)24(18)16-5-1-2-6-16/h7-8,12,14,16,21H,1-6,9-11,13H2,(H,22,25)(H,23,26). The number of piperidine rings is 1. The van der Waals surface area contributed by atoms with Crippen LogP contribution in [0.4, 0.5) is 0 Å². The van der Waals surface area contributed by atoms with Crippen LogP contribution in [0.25, 0.3) is 11.0 Å². The van der Waals surface area contributed by atoms with E-state index in [1.165, 1.54) is 25.7 Å². The molecule has 1 aliphatic carbocycles. The van der Waals surface area contributed by atoms with E-state index in [1.54, 1.807) is 6.07 Å². The summed E-state index contributed by atoms with van der Waals surface area (Å²) in [5.74, 6) is 0.591. The Morgan fingerprint density at radius 3 is 2.81 bits per heavy atom. The number of fused-ring (bicyclic) bond motifs is 1. The van der Waals surface area contributed by atoms with Gasteiger partial charge in [-0.3, -0.25) is 9.36 Å². The second kappa shape index (κ2) is 7.66. The molecule has 1 amide bonds. The fourth-order valence-electron chi connectivity index (χ4n) is 4.46. The minimum Gasteiger partial charge on any atom is -0.352 e. The molecule has 1 atom stereocenters. The predicted octanol–water partition coefficient (Wildman–Crippen LogP) is 2.56. The van der Waals surface area contributed by atoms with Gasteiger partial charge in [0.15, 0.2) is 0 Å². The third-order valence-electron chi connectivity index (χ3n) is 5.91. The van der Waals surface area contributed by atoms with Crippen LogP contribution in [0.5, 0.6) is 0 Å². The van der Waals surface area contributed by atoms with E-state index in [0.717, 1.165) is 43.4 Å². The van der Waals surface area contributed by atoms with E-state index < -0.39 is 0 Å². The van der Waals surface area contributed by atoms with Gasteiger partial charge in [0.05, 0.1) is 11.0 Å². The highest BCUT2D eigenvalue weighted by molar-refractivity contribution is 5.97. The minimum atomic E-state index is -0.0647. The number of benzene rings is 1. The Morgan fingerprint density at radius 1 is 1.19 bits per heavy atom. The number of carbonyl (C=O) groups excluding carboxylic acids is 1. The Hall–Kier alpha value is -2.08. The van der Waals surface area contributed by atoms with E-state index in [9.17, 15) is 9.59 Å². The summed E-state index contributed by atoms with van der Waals surface area (Å²) in [7, 11) is 0. The lowest BCUT2D eigenvalue weighted by Gasteiger charge is -2.22. The van der Waals surface area contributed by atoms with Gasteiger partial charge in [-0.25, -0.2) is 4.79 Å². The van der Waals surface area contributed by atoms with Crippen LogP contribution in [0.1, 0.15) is 61.3 Å². The first-order valence-corrected chi connectivity index (χ1v) is 9.95. The second-order valence-corrected chi connectivity index (χ2v) is 7.73. The van der Waals surface area contributed by atoms with Crippen LogP contribution < -0.4 is 16.3 Å². The third-order valence-corrected chi connectivity index (χ3v) is 5.91. The first-order valence-electron chi connectivity index (χ1n) is 9.95. The molecule has 140 valence electrons. The van der Waals surface area contributed by atoms with E-state index in [2.05, 4.69) is 15.6 Å². The minimum absolute atomic E-state index is 0.0609. The molecule has 3 N–H and O–H groups in total. The van der Waals surface area contributed by atoms with Crippen molar-refractivity contribution in [3.8, 4) is 0 Å². The van der Waals surface area contributed by atoms with Gasteiger partial charge in [0, 0.05) is 18.2 Å². The summed E-state index contributed by atoms with van der Waals surface area (Å²) in [6, 6.07) is 5.84. The van der Waals surface area contributed by atoms with Crippen molar-refractivity contribution in [1.82, 2.24) is 20.2 Å². The molecule has 0 spiro atoms. The zero-order valence-corrected chi connectivity index (χ0v) is 15.2. The number of imidazole rings is 1. The molecule has 0 bridgehead atoms. The Kier molecular flexibility index (Phi) is 5.11. The number of amides is 1. The number of hydrogen-bond donors (Lipinski definition) is 3. The molecule has 1 aromatic heterocycles. The monoisotopic (exact) mass is 356 g/mol. The number of aromatic nitrogens is 2. The fourth-order valence-corrected chi connectivity index (χ4v) is 4.46. The number of carbonyl (C=O) groups is 1. The first-order chi connectivity index (χ1) is 12.7. The third kappa shape index (κ3) is 3.56. The van der Waals surface area contributed by atoms with E-state index in [1.807, 2.05) is 16.7 Å². The molecule has 2 aliphatic rings. The quantitative estimate of drug-likeness (QED) is 0.770. The lowest BCUT2D eigenvalue weighted by atomic mass is 9.96. The van der Waals surface area contributed by atoms with Crippen LogP contribution >= 0.6 is 0 Å². The molecule has 1 unspecified atom stereocenters. The van der Waals surface area contributed by atoms with Gasteiger partial charge in [0.1, 0.15) is 0 Å². The molecule has 2 fully saturated rings. The van der Waals surface area contributed by atoms with Crippen molar-refractivity contribution in [2.75, 3.05) is 19.6 Å². The van der Waals surface area contributed by atoms with Crippen LogP contribution in [0.2, 0.25) is 0 Å². The van der Waals surface area contributed by atoms with Gasteiger partial charge in [-0.1, -0.05) is 12.8 Å². The number of aromatic amines is 1. The molecule has 6 heteroatoms. The van der Waals surface area contributed by atoms with Crippen LogP contribution in [-0.2, 0) is 0 Å². The van der Waals surface area contributed by atoms with Gasteiger partial charge in [0.2, 0.25) is 0 Å². The highest BCUT2D eigenvalue weighted by Crippen LogP contribution is 2.30. The van der Waals surface area contributed by atoms with Crippen LogP contribution in [-0.4, -0.2) is 35.1 Å². The highest BCUT2D eigenvalue weighted by atomic mass is 16.2. The summed E-state index contributed by atoms with van der Waals surface area (Å²) in [6.07, 6.45) is 7.96. The number of rotatable bonds is 5. The van der Waals surface area contributed by atoms with E-state index in [0.29, 0.717) is 24.1 Å². The Balaban J connectivity index is 1.43. The maximum atomic E-state index is 12.5. The summed E-state index contributed by atoms with van der Waals surface area (Å²) in [6.45, 7) is 2.86. The molecule has 1 aromatic carbocycles. The van der Waals surface area contributed by atoms with E-state index in [-0.39, 0.29) is 11.6 Å². The van der Waals surface area contributed by atoms with Gasteiger partial charge in [0.25, 0.3) is 5.91 Å². The van der Waals surface area contributed by atoms with E-state index >= 15 is 0 Å². The Bertz CT molecular complexity index is 826. The van der Waals surface area contributed by atoms with Crippen molar-refractivity contribution in [2.24, 2.45) is 5.92 Å². The summed E-state index contributed by atoms with van der Waals surface area (Å²) in [5.41, 5.74) is 2.21. The summed E-state index contributed by atoms with van der Waals surface area (Å²) < 4.78 is 1.88. The SMILES string of the molecule is O=C(NCCC1CCCNC1)c1ccc2c(c1)[nH]c(=O)n2C1CCCC1. The summed E-state index contributed by atoms with van der Waals surface area (Å²) in [4.78, 5) is 27.7. The van der Waals surface area contributed by atoms with Crippen LogP contribution in [0.15, 0.2) is 23.0 Å². The molecular weight excluding hydrogens is 328 g/mol. The van der Waals surface area contributed by atoms with Crippen molar-refractivity contribution in [1.29, 1.82) is 0 Å². The average Bonchev–Trinajstić information content (AvgIpc) is 3.28. The normalized spacial score (nSPS) is 21.3. The lowest BCUT2D eigenvalue weighted by molar-refractivity contribution is 0.0951. The largest absolute Gasteiger partial charge is 0.352 e. The zero-order valence-electron chi connectivity index (χ0n) is 15.2. The van der Waals surface area contributed by atoms with Gasteiger partial charge >= 0.3 is 5.69 Å². The molecule has 6 nitrogen and oxygen atoms in total. The average molecular weight is 356 g/mol. The molecule has 1 aliphatic heterocycles. The Labute approximate surface area is 153 Å². The molecule has 4 rings (SSSR count). The molecular formula is C20H28N4O2. The number of hydrogen-bond acceptors (Lipinski definition) is 3. The van der Waals surface area contributed by atoms with Crippen molar-refractivity contribution >= 4 is 16.9 Å². The maximum absolute atomic E-state index is 12.5. The van der Waals surface area contributed by atoms with Crippen molar-refractivity contribution in [2.45, 2.75) is 51.0 Å². The molecule has 26 heavy (non-hydrogen) atoms. The summed E-state index contributed by atoms with van der Waals surface area (Å²) in [5, 5.41) is 6.43. The van der Waals surface area contributed by atoms with Crippen LogP contribution in [0.3, 0.4) is 0 Å². The van der Waals surface area contributed by atoms with Gasteiger partial charge in [-0.2, -0.15) is 0 Å². The molecule has 1 saturated heterocycles. The predicted molar refractivity (Wildman–Crippen MR) is 103 cm³/mol. The maximum Gasteiger partial charge on any atom is 0.326 e. The second-order valence-electron chi connectivity index (χ2n) is 7.73. The van der Waals surface area contributed by atoms with Gasteiger partial charge in [-0.15, -0.1) is 0 Å². The molecule has 2 aromatic rings. The smallest absolute Gasteiger partial charge is 0.326 e. The molecule has 1 saturated carbocycles. The number of nitrogens with zero attached hydrogens (tertiary/aromatic N) is 1. The van der Waals surface area contributed by atoms with Gasteiger partial charge < -0.3 is 15.6 Å². The zero-order chi connectivity index (χ0) is 17.9. The van der Waals surface area contributed by atoms with Gasteiger partial charge in [-0.05, 0) is 69.3 Å². The number of H-pyrrole nitrogens is 1.